The fraction of sp³-hybridized carbons (Fsp3) is 0.750. The van der Waals surface area contributed by atoms with Crippen molar-refractivity contribution >= 4 is 0 Å². The summed E-state index contributed by atoms with van der Waals surface area (Å²) in [6, 6.07) is 0. The van der Waals surface area contributed by atoms with Crippen LogP contribution in [0.4, 0.5) is 0 Å². The summed E-state index contributed by atoms with van der Waals surface area (Å²) in [6.07, 6.45) is 1.86. The molecule has 0 spiro atoms. The smallest absolute Gasteiger partial charge is 0 e. The minimum Gasteiger partial charge on any atom is -0.566 e. The largest absolute Gasteiger partial charge is 0.566 e. The molecule has 1 nitrogen and oxygen atoms in total. The fourth-order valence-electron chi connectivity index (χ4n) is 0.129. The zero-order chi connectivity index (χ0) is 4.12. The zero-order valence-corrected chi connectivity index (χ0v) is 7.10. The number of aliphatic hydroxyl groups is 1. The van der Waals surface area contributed by atoms with E-state index in [1.807, 2.05) is 6.92 Å². The Hall–Kier alpha value is 0.700. The van der Waals surface area contributed by atoms with Crippen LogP contribution in [-0.2, 0) is 22.4 Å². The molecular weight excluding hydrogens is 245 g/mol. The second-order valence-corrected chi connectivity index (χ2v) is 0.971. The molecule has 0 heterocycles. The van der Waals surface area contributed by atoms with Gasteiger partial charge in [-0.2, -0.15) is 6.42 Å². The number of rotatable bonds is 2. The summed E-state index contributed by atoms with van der Waals surface area (Å²) < 4.78 is 0. The molecule has 1 radical (unpaired) electrons. The Kier molecular flexibility index (Phi) is 15.1. The Labute approximate surface area is 54.3 Å². The third kappa shape index (κ3) is 8.83. The summed E-state index contributed by atoms with van der Waals surface area (Å²) in [5.74, 6) is 0. The van der Waals surface area contributed by atoms with Crippen LogP contribution in [0.1, 0.15) is 19.8 Å². The van der Waals surface area contributed by atoms with E-state index < -0.39 is 0 Å². The van der Waals surface area contributed by atoms with Crippen molar-refractivity contribution in [2.75, 3.05) is 0 Å². The molecule has 0 aromatic heterocycles. The number of hydrogen-bond acceptors (Lipinski definition) is 1. The van der Waals surface area contributed by atoms with Crippen LogP contribution in [0.5, 0.6) is 0 Å². The van der Waals surface area contributed by atoms with E-state index in [9.17, 15) is 0 Å². The molecule has 0 aromatic rings. The normalized spacial score (nSPS) is 7.00. The third-order valence-corrected chi connectivity index (χ3v) is 0.418. The van der Waals surface area contributed by atoms with Crippen molar-refractivity contribution in [2.24, 2.45) is 0 Å². The average Bonchev–Trinajstić information content (AvgIpc) is 1.41. The molecule has 0 aliphatic carbocycles. The monoisotopic (exact) mass is 254 g/mol. The van der Waals surface area contributed by atoms with Gasteiger partial charge in [-0.3, -0.25) is 0 Å². The quantitative estimate of drug-likeness (QED) is 0.737. The average molecular weight is 254 g/mol. The van der Waals surface area contributed by atoms with E-state index in [0.29, 0.717) is 0 Å². The van der Waals surface area contributed by atoms with Crippen molar-refractivity contribution < 1.29 is 27.5 Å². The van der Waals surface area contributed by atoms with E-state index in [0.717, 1.165) is 12.8 Å². The van der Waals surface area contributed by atoms with Crippen LogP contribution in [0.25, 0.3) is 0 Å². The van der Waals surface area contributed by atoms with Crippen LogP contribution in [0, 0.1) is 6.61 Å². The second kappa shape index (κ2) is 9.20. The molecule has 1 N–H and O–H groups in total. The molecule has 0 aliphatic heterocycles. The van der Waals surface area contributed by atoms with Crippen molar-refractivity contribution in [3.8, 4) is 0 Å². The molecular formula is C4H9OTa-. The topological polar surface area (TPSA) is 20.2 Å². The Bertz CT molecular complexity index is 15.0. The second-order valence-electron chi connectivity index (χ2n) is 0.971. The van der Waals surface area contributed by atoms with Gasteiger partial charge in [-0.1, -0.05) is 13.3 Å². The van der Waals surface area contributed by atoms with Gasteiger partial charge in [0, 0.05) is 22.4 Å². The molecule has 0 fully saturated rings. The van der Waals surface area contributed by atoms with Gasteiger partial charge in [0.2, 0.25) is 0 Å². The van der Waals surface area contributed by atoms with Crippen LogP contribution in [0.3, 0.4) is 0 Å². The van der Waals surface area contributed by atoms with Gasteiger partial charge in [-0.25, -0.2) is 6.61 Å². The van der Waals surface area contributed by atoms with Gasteiger partial charge in [0.15, 0.2) is 0 Å². The van der Waals surface area contributed by atoms with Gasteiger partial charge in [0.1, 0.15) is 0 Å². The molecule has 0 aromatic carbocycles. The minimum atomic E-state index is 0. The molecule has 6 heavy (non-hydrogen) atoms. The van der Waals surface area contributed by atoms with Crippen molar-refractivity contribution in [3.63, 3.8) is 0 Å². The van der Waals surface area contributed by atoms with Gasteiger partial charge in [0.05, 0.1) is 0 Å². The van der Waals surface area contributed by atoms with Gasteiger partial charge < -0.3 is 5.11 Å². The van der Waals surface area contributed by atoms with Crippen molar-refractivity contribution in [2.45, 2.75) is 19.8 Å². The van der Waals surface area contributed by atoms with E-state index in [4.69, 9.17) is 5.11 Å². The van der Waals surface area contributed by atoms with Crippen molar-refractivity contribution in [1.29, 1.82) is 0 Å². The van der Waals surface area contributed by atoms with Crippen LogP contribution in [0.2, 0.25) is 0 Å². The maximum absolute atomic E-state index is 7.94. The molecule has 0 rings (SSSR count). The van der Waals surface area contributed by atoms with Gasteiger partial charge in [0.25, 0.3) is 0 Å². The van der Waals surface area contributed by atoms with E-state index in [-0.39, 0.29) is 22.4 Å². The summed E-state index contributed by atoms with van der Waals surface area (Å²) in [5, 5.41) is 7.94. The molecule has 0 amide bonds. The first-order valence-corrected chi connectivity index (χ1v) is 1.87. The van der Waals surface area contributed by atoms with E-state index in [1.165, 1.54) is 6.61 Å². The molecule has 0 unspecified atom stereocenters. The summed E-state index contributed by atoms with van der Waals surface area (Å²) in [5.41, 5.74) is 0. The van der Waals surface area contributed by atoms with Crippen LogP contribution in [0.15, 0.2) is 0 Å². The Balaban J connectivity index is 0. The van der Waals surface area contributed by atoms with Gasteiger partial charge in [-0.15, -0.1) is 0 Å². The molecule has 37 valence electrons. The molecule has 0 atom stereocenters. The summed E-state index contributed by atoms with van der Waals surface area (Å²) >= 11 is 0. The SMILES string of the molecule is CCC[CH-]O.[Ta]. The van der Waals surface area contributed by atoms with Gasteiger partial charge >= 0.3 is 0 Å². The van der Waals surface area contributed by atoms with Crippen LogP contribution < -0.4 is 0 Å². The maximum Gasteiger partial charge on any atom is 0 e. The predicted molar refractivity (Wildman–Crippen MR) is 21.1 cm³/mol. The van der Waals surface area contributed by atoms with Crippen molar-refractivity contribution in [3.05, 3.63) is 6.61 Å². The summed E-state index contributed by atoms with van der Waals surface area (Å²) in [6.45, 7) is 3.20. The van der Waals surface area contributed by atoms with Crippen molar-refractivity contribution in [1.82, 2.24) is 0 Å². The third-order valence-electron chi connectivity index (χ3n) is 0.418. The summed E-state index contributed by atoms with van der Waals surface area (Å²) in [4.78, 5) is 0. The molecule has 0 saturated heterocycles. The minimum absolute atomic E-state index is 0. The Morgan fingerprint density at radius 3 is 2.17 bits per heavy atom. The Morgan fingerprint density at radius 1 is 1.67 bits per heavy atom. The maximum atomic E-state index is 7.94. The molecule has 0 aliphatic rings. The number of unbranched alkanes of at least 4 members (excludes halogenated alkanes) is 1. The molecule has 0 saturated carbocycles. The van der Waals surface area contributed by atoms with Gasteiger partial charge in [-0.05, 0) is 0 Å². The number of aliphatic hydroxyl groups excluding tert-OH is 1. The Morgan fingerprint density at radius 2 is 2.17 bits per heavy atom. The first kappa shape index (κ1) is 9.85. The fourth-order valence-corrected chi connectivity index (χ4v) is 0.129. The van der Waals surface area contributed by atoms with E-state index in [2.05, 4.69) is 0 Å². The first-order valence-electron chi connectivity index (χ1n) is 1.87. The first-order chi connectivity index (χ1) is 2.41. The van der Waals surface area contributed by atoms with Crippen LogP contribution in [-0.4, -0.2) is 5.11 Å². The summed E-state index contributed by atoms with van der Waals surface area (Å²) in [7, 11) is 0. The standard InChI is InChI=1S/C4H9O.Ta/c1-2-3-4-5;/h4-5H,2-3H2,1H3;/q-1;. The van der Waals surface area contributed by atoms with E-state index in [1.54, 1.807) is 0 Å². The predicted octanol–water partition coefficient (Wildman–Crippen LogP) is 1.32. The van der Waals surface area contributed by atoms with E-state index >= 15 is 0 Å². The van der Waals surface area contributed by atoms with Crippen LogP contribution >= 0.6 is 0 Å². The number of hydrogen-bond donors (Lipinski definition) is 1. The molecule has 0 bridgehead atoms. The zero-order valence-electron chi connectivity index (χ0n) is 3.89. The molecule has 2 heteroatoms.